The van der Waals surface area contributed by atoms with E-state index >= 15 is 0 Å². The summed E-state index contributed by atoms with van der Waals surface area (Å²) in [5.74, 6) is 0.119. The maximum Gasteiger partial charge on any atom is 0.253 e. The summed E-state index contributed by atoms with van der Waals surface area (Å²) in [4.78, 5) is 21.5. The predicted octanol–water partition coefficient (Wildman–Crippen LogP) is 3.38. The molecule has 0 saturated carbocycles. The summed E-state index contributed by atoms with van der Waals surface area (Å²) in [6.45, 7) is 8.80. The number of nitriles is 1. The van der Waals surface area contributed by atoms with Crippen molar-refractivity contribution in [2.75, 3.05) is 26.2 Å². The molecule has 1 amide bonds. The second-order valence-electron chi connectivity index (χ2n) is 8.19. The molecule has 158 valence electrons. The summed E-state index contributed by atoms with van der Waals surface area (Å²) in [7, 11) is 0. The second kappa shape index (κ2) is 9.15. The van der Waals surface area contributed by atoms with Crippen LogP contribution in [0.4, 0.5) is 0 Å². The van der Waals surface area contributed by atoms with Gasteiger partial charge in [-0.15, -0.1) is 0 Å². The summed E-state index contributed by atoms with van der Waals surface area (Å²) in [5.41, 5.74) is 6.10. The van der Waals surface area contributed by atoms with Gasteiger partial charge in [0.15, 0.2) is 0 Å². The lowest BCUT2D eigenvalue weighted by Gasteiger charge is -2.35. The van der Waals surface area contributed by atoms with Gasteiger partial charge in [-0.3, -0.25) is 9.69 Å². The molecular formula is C25H27N5O. The number of aryl methyl sites for hydroxylation is 2. The van der Waals surface area contributed by atoms with Crippen LogP contribution in [0, 0.1) is 25.2 Å². The molecule has 2 heterocycles. The van der Waals surface area contributed by atoms with Crippen molar-refractivity contribution in [1.29, 1.82) is 5.26 Å². The van der Waals surface area contributed by atoms with Crippen molar-refractivity contribution in [3.05, 3.63) is 88.5 Å². The lowest BCUT2D eigenvalue weighted by Crippen LogP contribution is -2.48. The molecule has 1 aliphatic heterocycles. The van der Waals surface area contributed by atoms with Crippen LogP contribution in [0.15, 0.2) is 55.0 Å². The molecule has 0 atom stereocenters. The summed E-state index contributed by atoms with van der Waals surface area (Å²) in [6.07, 6.45) is 3.77. The van der Waals surface area contributed by atoms with E-state index in [1.807, 2.05) is 66.8 Å². The van der Waals surface area contributed by atoms with Gasteiger partial charge in [0.2, 0.25) is 0 Å². The zero-order chi connectivity index (χ0) is 21.8. The van der Waals surface area contributed by atoms with Crippen LogP contribution in [0.5, 0.6) is 0 Å². The number of aromatic nitrogens is 2. The molecule has 0 aliphatic carbocycles. The van der Waals surface area contributed by atoms with E-state index in [-0.39, 0.29) is 5.91 Å². The van der Waals surface area contributed by atoms with E-state index in [2.05, 4.69) is 27.4 Å². The molecule has 31 heavy (non-hydrogen) atoms. The molecule has 1 aliphatic rings. The molecular weight excluding hydrogens is 386 g/mol. The predicted molar refractivity (Wildman–Crippen MR) is 120 cm³/mol. The van der Waals surface area contributed by atoms with Gasteiger partial charge < -0.3 is 9.47 Å². The highest BCUT2D eigenvalue weighted by Crippen LogP contribution is 2.15. The van der Waals surface area contributed by atoms with E-state index < -0.39 is 0 Å². The zero-order valence-corrected chi connectivity index (χ0v) is 18.1. The van der Waals surface area contributed by atoms with Crippen molar-refractivity contribution < 1.29 is 4.79 Å². The minimum Gasteiger partial charge on any atom is -0.336 e. The van der Waals surface area contributed by atoms with Gasteiger partial charge in [0.1, 0.15) is 0 Å². The Morgan fingerprint density at radius 3 is 2.42 bits per heavy atom. The van der Waals surface area contributed by atoms with Crippen molar-refractivity contribution in [3.63, 3.8) is 0 Å². The van der Waals surface area contributed by atoms with E-state index in [0.29, 0.717) is 5.56 Å². The van der Waals surface area contributed by atoms with Gasteiger partial charge in [0.25, 0.3) is 5.91 Å². The maximum atomic E-state index is 12.9. The smallest absolute Gasteiger partial charge is 0.253 e. The fourth-order valence-corrected chi connectivity index (χ4v) is 3.90. The number of piperazine rings is 1. The van der Waals surface area contributed by atoms with E-state index in [1.54, 1.807) is 0 Å². The first-order valence-corrected chi connectivity index (χ1v) is 10.6. The first-order valence-electron chi connectivity index (χ1n) is 10.6. The quantitative estimate of drug-likeness (QED) is 0.643. The third kappa shape index (κ3) is 4.84. The van der Waals surface area contributed by atoms with Crippen LogP contribution >= 0.6 is 0 Å². The van der Waals surface area contributed by atoms with Crippen LogP contribution in [0.2, 0.25) is 0 Å². The van der Waals surface area contributed by atoms with Crippen LogP contribution in [-0.4, -0.2) is 51.4 Å². The molecule has 0 N–H and O–H groups in total. The van der Waals surface area contributed by atoms with Crippen LogP contribution in [0.3, 0.4) is 0 Å². The molecule has 1 aromatic heterocycles. The number of nitrogens with zero attached hydrogens (tertiary/aromatic N) is 5. The van der Waals surface area contributed by atoms with Crippen molar-refractivity contribution in [1.82, 2.24) is 19.4 Å². The SMILES string of the molecule is Cc1ccc(C(=O)N2CCN(Cc3cncn3Cc3ccc(C#N)cc3)CC2)cc1C. The van der Waals surface area contributed by atoms with Gasteiger partial charge in [-0.05, 0) is 54.8 Å². The highest BCUT2D eigenvalue weighted by atomic mass is 16.2. The fraction of sp³-hybridized carbons (Fsp3) is 0.320. The molecule has 1 fully saturated rings. The first kappa shape index (κ1) is 20.8. The number of amides is 1. The summed E-state index contributed by atoms with van der Waals surface area (Å²) >= 11 is 0. The normalized spacial score (nSPS) is 14.4. The van der Waals surface area contributed by atoms with Crippen LogP contribution in [-0.2, 0) is 13.1 Å². The van der Waals surface area contributed by atoms with Crippen molar-refractivity contribution >= 4 is 5.91 Å². The number of hydrogen-bond acceptors (Lipinski definition) is 4. The molecule has 0 radical (unpaired) electrons. The van der Waals surface area contributed by atoms with Gasteiger partial charge in [-0.2, -0.15) is 5.26 Å². The van der Waals surface area contributed by atoms with Crippen molar-refractivity contribution in [2.24, 2.45) is 0 Å². The number of hydrogen-bond donors (Lipinski definition) is 0. The van der Waals surface area contributed by atoms with E-state index in [1.165, 1.54) is 5.56 Å². The maximum absolute atomic E-state index is 12.9. The Labute approximate surface area is 183 Å². The number of rotatable bonds is 5. The topological polar surface area (TPSA) is 65.2 Å². The van der Waals surface area contributed by atoms with Gasteiger partial charge in [-0.1, -0.05) is 18.2 Å². The third-order valence-corrected chi connectivity index (χ3v) is 6.03. The Morgan fingerprint density at radius 2 is 1.74 bits per heavy atom. The van der Waals surface area contributed by atoms with Crippen molar-refractivity contribution in [2.45, 2.75) is 26.9 Å². The molecule has 4 rings (SSSR count). The van der Waals surface area contributed by atoms with Gasteiger partial charge in [-0.25, -0.2) is 4.98 Å². The largest absolute Gasteiger partial charge is 0.336 e. The number of imidazole rings is 1. The molecule has 3 aromatic rings. The highest BCUT2D eigenvalue weighted by molar-refractivity contribution is 5.94. The lowest BCUT2D eigenvalue weighted by molar-refractivity contribution is 0.0625. The highest BCUT2D eigenvalue weighted by Gasteiger charge is 2.23. The Bertz CT molecular complexity index is 1100. The Morgan fingerprint density at radius 1 is 1.00 bits per heavy atom. The lowest BCUT2D eigenvalue weighted by atomic mass is 10.1. The van der Waals surface area contributed by atoms with Crippen LogP contribution in [0.1, 0.15) is 38.3 Å². The van der Waals surface area contributed by atoms with Gasteiger partial charge in [0.05, 0.1) is 23.7 Å². The molecule has 0 unspecified atom stereocenters. The van der Waals surface area contributed by atoms with E-state index in [9.17, 15) is 4.79 Å². The minimum atomic E-state index is 0.119. The molecule has 6 heteroatoms. The van der Waals surface area contributed by atoms with Crippen LogP contribution < -0.4 is 0 Å². The Hall–Kier alpha value is -3.43. The third-order valence-electron chi connectivity index (χ3n) is 6.03. The number of carbonyl (C=O) groups is 1. The average molecular weight is 414 g/mol. The minimum absolute atomic E-state index is 0.119. The number of carbonyl (C=O) groups excluding carboxylic acids is 1. The monoisotopic (exact) mass is 413 g/mol. The van der Waals surface area contributed by atoms with Gasteiger partial charge in [0, 0.05) is 51.0 Å². The molecule has 0 bridgehead atoms. The molecule has 6 nitrogen and oxygen atoms in total. The molecule has 2 aromatic carbocycles. The summed E-state index contributed by atoms with van der Waals surface area (Å²) in [6, 6.07) is 15.8. The van der Waals surface area contributed by atoms with E-state index in [0.717, 1.165) is 61.7 Å². The van der Waals surface area contributed by atoms with Crippen LogP contribution in [0.25, 0.3) is 0 Å². The Balaban J connectivity index is 1.34. The summed E-state index contributed by atoms with van der Waals surface area (Å²) in [5, 5.41) is 8.96. The Kier molecular flexibility index (Phi) is 6.15. The molecule has 1 saturated heterocycles. The molecule has 0 spiro atoms. The first-order chi connectivity index (χ1) is 15.0. The summed E-state index contributed by atoms with van der Waals surface area (Å²) < 4.78 is 2.15. The van der Waals surface area contributed by atoms with E-state index in [4.69, 9.17) is 5.26 Å². The number of benzene rings is 2. The fourth-order valence-electron chi connectivity index (χ4n) is 3.90. The average Bonchev–Trinajstić information content (AvgIpc) is 3.22. The van der Waals surface area contributed by atoms with Gasteiger partial charge >= 0.3 is 0 Å². The zero-order valence-electron chi connectivity index (χ0n) is 18.1. The second-order valence-corrected chi connectivity index (χ2v) is 8.19. The van der Waals surface area contributed by atoms with Crippen molar-refractivity contribution in [3.8, 4) is 6.07 Å². The standard InChI is InChI=1S/C25H27N5O/c1-19-3-8-23(13-20(19)2)25(31)29-11-9-28(10-12-29)17-24-15-27-18-30(24)16-22-6-4-21(14-26)5-7-22/h3-8,13,15,18H,9-12,16-17H2,1-2H3.